The Labute approximate surface area is 164 Å². The molecule has 1 aliphatic carbocycles. The second kappa shape index (κ2) is 8.18. The lowest BCUT2D eigenvalue weighted by molar-refractivity contribution is 0.0725. The molecule has 1 aliphatic rings. The van der Waals surface area contributed by atoms with Crippen LogP contribution in [0.4, 0.5) is 4.39 Å². The number of halogens is 1. The number of rotatable bonds is 8. The highest BCUT2D eigenvalue weighted by molar-refractivity contribution is 7.87. The zero-order valence-corrected chi connectivity index (χ0v) is 16.5. The fourth-order valence-electron chi connectivity index (χ4n) is 2.82. The van der Waals surface area contributed by atoms with Gasteiger partial charge in [0.25, 0.3) is 5.91 Å². The third-order valence-corrected chi connectivity index (χ3v) is 5.64. The summed E-state index contributed by atoms with van der Waals surface area (Å²) in [5.41, 5.74) is 0.687. The predicted octanol–water partition coefficient (Wildman–Crippen LogP) is 3.37. The van der Waals surface area contributed by atoms with Gasteiger partial charge in [-0.25, -0.2) is 4.39 Å². The van der Waals surface area contributed by atoms with E-state index in [0.717, 1.165) is 12.8 Å². The zero-order chi connectivity index (χ0) is 20.3. The summed E-state index contributed by atoms with van der Waals surface area (Å²) in [6.07, 6.45) is 1.70. The maximum atomic E-state index is 14.1. The molecule has 150 valence electrons. The molecule has 3 rings (SSSR count). The highest BCUT2D eigenvalue weighted by Gasteiger charge is 2.34. The molecule has 0 bridgehead atoms. The van der Waals surface area contributed by atoms with Gasteiger partial charge in [-0.05, 0) is 49.6 Å². The summed E-state index contributed by atoms with van der Waals surface area (Å²) < 4.78 is 48.0. The minimum atomic E-state index is -3.73. The first kappa shape index (κ1) is 20.1. The molecule has 0 spiro atoms. The SMILES string of the molecule is CCS(=O)(=O)Oc1cc(CN(C(=O)c2ccccc2F)C2CC2)ccc1OC. The highest BCUT2D eigenvalue weighted by atomic mass is 32.2. The van der Waals surface area contributed by atoms with Gasteiger partial charge in [-0.3, -0.25) is 4.79 Å². The summed E-state index contributed by atoms with van der Waals surface area (Å²) >= 11 is 0. The quantitative estimate of drug-likeness (QED) is 0.628. The fraction of sp³-hybridized carbons (Fsp3) is 0.350. The number of benzene rings is 2. The minimum Gasteiger partial charge on any atom is -0.493 e. The Morgan fingerprint density at radius 3 is 2.50 bits per heavy atom. The van der Waals surface area contributed by atoms with Crippen molar-refractivity contribution in [3.05, 3.63) is 59.4 Å². The maximum absolute atomic E-state index is 14.1. The third kappa shape index (κ3) is 4.62. The topological polar surface area (TPSA) is 72.9 Å². The number of methoxy groups -OCH3 is 1. The summed E-state index contributed by atoms with van der Waals surface area (Å²) in [4.78, 5) is 14.5. The molecule has 8 heteroatoms. The molecule has 1 saturated carbocycles. The van der Waals surface area contributed by atoms with Crippen LogP contribution in [-0.4, -0.2) is 38.1 Å². The van der Waals surface area contributed by atoms with Crippen molar-refractivity contribution < 1.29 is 26.5 Å². The van der Waals surface area contributed by atoms with Gasteiger partial charge in [-0.15, -0.1) is 0 Å². The molecule has 6 nitrogen and oxygen atoms in total. The van der Waals surface area contributed by atoms with Crippen LogP contribution in [0.2, 0.25) is 0 Å². The van der Waals surface area contributed by atoms with E-state index in [-0.39, 0.29) is 41.3 Å². The molecule has 2 aromatic rings. The molecule has 0 N–H and O–H groups in total. The van der Waals surface area contributed by atoms with E-state index < -0.39 is 15.9 Å². The van der Waals surface area contributed by atoms with Gasteiger partial charge in [-0.2, -0.15) is 8.42 Å². The van der Waals surface area contributed by atoms with Crippen LogP contribution in [-0.2, 0) is 16.7 Å². The standard InChI is InChI=1S/C20H22FNO5S/c1-3-28(24,25)27-19-12-14(8-11-18(19)26-2)13-22(15-9-10-15)20(23)16-6-4-5-7-17(16)21/h4-8,11-12,15H,3,9-10,13H2,1-2H3. The molecule has 0 heterocycles. The molecule has 2 aromatic carbocycles. The maximum Gasteiger partial charge on any atom is 0.309 e. The lowest BCUT2D eigenvalue weighted by Crippen LogP contribution is -2.33. The summed E-state index contributed by atoms with van der Waals surface area (Å²) in [5, 5.41) is 0. The second-order valence-electron chi connectivity index (χ2n) is 6.56. The first-order valence-corrected chi connectivity index (χ1v) is 10.6. The Morgan fingerprint density at radius 1 is 1.18 bits per heavy atom. The van der Waals surface area contributed by atoms with Gasteiger partial charge in [-0.1, -0.05) is 18.2 Å². The van der Waals surface area contributed by atoms with Crippen molar-refractivity contribution in [3.8, 4) is 11.5 Å². The number of nitrogens with zero attached hydrogens (tertiary/aromatic N) is 1. The molecular weight excluding hydrogens is 385 g/mol. The average Bonchev–Trinajstić information content (AvgIpc) is 3.51. The van der Waals surface area contributed by atoms with Gasteiger partial charge in [0.05, 0.1) is 18.4 Å². The van der Waals surface area contributed by atoms with Gasteiger partial charge in [0.2, 0.25) is 0 Å². The summed E-state index contributed by atoms with van der Waals surface area (Å²) in [7, 11) is -2.31. The Morgan fingerprint density at radius 2 is 1.89 bits per heavy atom. The van der Waals surface area contributed by atoms with Crippen molar-refractivity contribution in [2.24, 2.45) is 0 Å². The van der Waals surface area contributed by atoms with Crippen molar-refractivity contribution in [2.45, 2.75) is 32.4 Å². The van der Waals surface area contributed by atoms with Crippen LogP contribution < -0.4 is 8.92 Å². The number of ether oxygens (including phenoxy) is 1. The van der Waals surface area contributed by atoms with Crippen molar-refractivity contribution in [1.82, 2.24) is 4.90 Å². The van der Waals surface area contributed by atoms with Crippen molar-refractivity contribution in [2.75, 3.05) is 12.9 Å². The molecule has 1 amide bonds. The Kier molecular flexibility index (Phi) is 5.88. The second-order valence-corrected chi connectivity index (χ2v) is 8.42. The molecule has 0 atom stereocenters. The van der Waals surface area contributed by atoms with Crippen LogP contribution in [0, 0.1) is 5.82 Å². The van der Waals surface area contributed by atoms with Gasteiger partial charge < -0.3 is 13.8 Å². The molecule has 0 aliphatic heterocycles. The molecule has 0 saturated heterocycles. The number of carbonyl (C=O) groups excluding carboxylic acids is 1. The molecule has 1 fully saturated rings. The van der Waals surface area contributed by atoms with E-state index in [2.05, 4.69) is 0 Å². The van der Waals surface area contributed by atoms with Crippen LogP contribution in [0.15, 0.2) is 42.5 Å². The van der Waals surface area contributed by atoms with Gasteiger partial charge in [0.15, 0.2) is 11.5 Å². The molecule has 0 aromatic heterocycles. The van der Waals surface area contributed by atoms with Gasteiger partial charge in [0.1, 0.15) is 5.82 Å². The van der Waals surface area contributed by atoms with E-state index in [4.69, 9.17) is 8.92 Å². The monoisotopic (exact) mass is 407 g/mol. The zero-order valence-electron chi connectivity index (χ0n) is 15.7. The Bertz CT molecular complexity index is 972. The van der Waals surface area contributed by atoms with E-state index in [1.54, 1.807) is 23.1 Å². The number of amides is 1. The first-order chi connectivity index (χ1) is 13.3. The number of hydrogen-bond acceptors (Lipinski definition) is 5. The van der Waals surface area contributed by atoms with Gasteiger partial charge >= 0.3 is 10.1 Å². The van der Waals surface area contributed by atoms with E-state index in [1.807, 2.05) is 0 Å². The smallest absolute Gasteiger partial charge is 0.309 e. The summed E-state index contributed by atoms with van der Waals surface area (Å²) in [5.74, 6) is -0.790. The largest absolute Gasteiger partial charge is 0.493 e. The van der Waals surface area contributed by atoms with E-state index in [1.165, 1.54) is 38.3 Å². The van der Waals surface area contributed by atoms with Crippen LogP contribution in [0.5, 0.6) is 11.5 Å². The van der Waals surface area contributed by atoms with Crippen LogP contribution in [0.3, 0.4) is 0 Å². The molecular formula is C20H22FNO5S. The normalized spacial score (nSPS) is 13.8. The fourth-order valence-corrected chi connectivity index (χ4v) is 3.34. The number of carbonyl (C=O) groups is 1. The van der Waals surface area contributed by atoms with Crippen molar-refractivity contribution in [3.63, 3.8) is 0 Å². The first-order valence-electron chi connectivity index (χ1n) is 8.99. The number of hydrogen-bond donors (Lipinski definition) is 0. The Hall–Kier alpha value is -2.61. The van der Waals surface area contributed by atoms with Crippen LogP contribution in [0.1, 0.15) is 35.7 Å². The lowest BCUT2D eigenvalue weighted by Gasteiger charge is -2.23. The molecule has 28 heavy (non-hydrogen) atoms. The van der Waals surface area contributed by atoms with Crippen LogP contribution >= 0.6 is 0 Å². The van der Waals surface area contributed by atoms with Crippen LogP contribution in [0.25, 0.3) is 0 Å². The van der Waals surface area contributed by atoms with Gasteiger partial charge in [0, 0.05) is 12.6 Å². The van der Waals surface area contributed by atoms with Crippen molar-refractivity contribution in [1.29, 1.82) is 0 Å². The average molecular weight is 407 g/mol. The minimum absolute atomic E-state index is 0.0212. The Balaban J connectivity index is 1.88. The molecule has 0 radical (unpaired) electrons. The third-order valence-electron chi connectivity index (χ3n) is 4.50. The summed E-state index contributed by atoms with van der Waals surface area (Å²) in [6.45, 7) is 1.69. The van der Waals surface area contributed by atoms with E-state index in [0.29, 0.717) is 5.56 Å². The summed E-state index contributed by atoms with van der Waals surface area (Å²) in [6, 6.07) is 10.8. The highest BCUT2D eigenvalue weighted by Crippen LogP contribution is 2.33. The lowest BCUT2D eigenvalue weighted by atomic mass is 10.1. The van der Waals surface area contributed by atoms with E-state index in [9.17, 15) is 17.6 Å². The predicted molar refractivity (Wildman–Crippen MR) is 102 cm³/mol. The van der Waals surface area contributed by atoms with Crippen molar-refractivity contribution >= 4 is 16.0 Å². The van der Waals surface area contributed by atoms with E-state index >= 15 is 0 Å². The molecule has 0 unspecified atom stereocenters.